The fraction of sp³-hybridized carbons (Fsp3) is 0.538. The second-order valence-corrected chi connectivity index (χ2v) is 12.9. The predicted octanol–water partition coefficient (Wildman–Crippen LogP) is 4.06. The second-order valence-electron chi connectivity index (χ2n) is 10.0. The number of hydrogen-bond acceptors (Lipinski definition) is 8. The quantitative estimate of drug-likeness (QED) is 0.292. The molecule has 1 atom stereocenters. The molecule has 3 aromatic heterocycles. The van der Waals surface area contributed by atoms with Gasteiger partial charge in [0.2, 0.25) is 0 Å². The van der Waals surface area contributed by atoms with Gasteiger partial charge in [-0.1, -0.05) is 0 Å². The maximum Gasteiger partial charge on any atom is 0.474 e. The lowest BCUT2D eigenvalue weighted by Gasteiger charge is -2.28. The number of ether oxygens (including phenoxy) is 3. The van der Waals surface area contributed by atoms with E-state index in [4.69, 9.17) is 19.2 Å². The summed E-state index contributed by atoms with van der Waals surface area (Å²) in [6, 6.07) is 5.49. The highest BCUT2D eigenvalue weighted by Gasteiger charge is 2.39. The number of anilines is 1. The van der Waals surface area contributed by atoms with Gasteiger partial charge in [0, 0.05) is 49.3 Å². The monoisotopic (exact) mass is 598 g/mol. The van der Waals surface area contributed by atoms with Crippen LogP contribution in [0, 0.1) is 0 Å². The Labute approximate surface area is 235 Å². The normalized spacial score (nSPS) is 18.9. The SMILES string of the molecule is C[SH](O)(CCCOc1cc(N2CCOCC2)nc2c(-c3ccnn3C3CCCCO3)nccc12)=NC(=O)C(F)(F)F. The number of rotatable bonds is 8. The number of amides is 1. The van der Waals surface area contributed by atoms with Crippen molar-refractivity contribution in [3.05, 3.63) is 30.6 Å². The molecule has 11 nitrogen and oxygen atoms in total. The Balaban J connectivity index is 1.45. The van der Waals surface area contributed by atoms with Crippen LogP contribution in [-0.2, 0) is 24.4 Å². The largest absolute Gasteiger partial charge is 0.493 e. The van der Waals surface area contributed by atoms with Crippen LogP contribution in [0.4, 0.5) is 19.0 Å². The molecule has 2 fully saturated rings. The Morgan fingerprint density at radius 1 is 1.22 bits per heavy atom. The Kier molecular flexibility index (Phi) is 8.87. The van der Waals surface area contributed by atoms with Crippen molar-refractivity contribution in [2.75, 3.05) is 56.4 Å². The Bertz CT molecular complexity index is 1430. The van der Waals surface area contributed by atoms with Gasteiger partial charge in [-0.25, -0.2) is 9.67 Å². The molecule has 224 valence electrons. The summed E-state index contributed by atoms with van der Waals surface area (Å²) in [5, 5.41) is 5.22. The van der Waals surface area contributed by atoms with Gasteiger partial charge in [-0.15, -0.1) is 10.1 Å². The van der Waals surface area contributed by atoms with E-state index in [0.717, 1.165) is 25.0 Å². The number of alkyl halides is 3. The summed E-state index contributed by atoms with van der Waals surface area (Å²) in [7, 11) is -3.45. The Morgan fingerprint density at radius 3 is 2.76 bits per heavy atom. The summed E-state index contributed by atoms with van der Waals surface area (Å²) >= 11 is 0. The summed E-state index contributed by atoms with van der Waals surface area (Å²) in [6.45, 7) is 3.14. The van der Waals surface area contributed by atoms with Crippen LogP contribution in [0.1, 0.15) is 31.9 Å². The number of halogens is 3. The van der Waals surface area contributed by atoms with Crippen LogP contribution in [0.25, 0.3) is 22.3 Å². The number of thiol groups is 1. The Morgan fingerprint density at radius 2 is 2.02 bits per heavy atom. The van der Waals surface area contributed by atoms with E-state index in [2.05, 4.69) is 19.3 Å². The first-order valence-electron chi connectivity index (χ1n) is 13.5. The molecule has 0 radical (unpaired) electrons. The maximum atomic E-state index is 12.6. The average Bonchev–Trinajstić information content (AvgIpc) is 3.45. The van der Waals surface area contributed by atoms with E-state index in [1.807, 2.05) is 16.8 Å². The van der Waals surface area contributed by atoms with Crippen molar-refractivity contribution in [2.24, 2.45) is 4.36 Å². The van der Waals surface area contributed by atoms with E-state index in [1.54, 1.807) is 18.5 Å². The summed E-state index contributed by atoms with van der Waals surface area (Å²) < 4.78 is 70.6. The third kappa shape index (κ3) is 7.02. The van der Waals surface area contributed by atoms with Crippen LogP contribution in [-0.4, -0.2) is 87.9 Å². The lowest BCUT2D eigenvalue weighted by atomic mass is 10.1. The lowest BCUT2D eigenvalue weighted by Crippen LogP contribution is -2.36. The zero-order valence-corrected chi connectivity index (χ0v) is 23.5. The van der Waals surface area contributed by atoms with E-state index in [1.165, 1.54) is 6.26 Å². The average molecular weight is 599 g/mol. The highest BCUT2D eigenvalue weighted by Crippen LogP contribution is 2.36. The van der Waals surface area contributed by atoms with Crippen LogP contribution < -0.4 is 9.64 Å². The van der Waals surface area contributed by atoms with E-state index in [9.17, 15) is 22.5 Å². The number of carbonyl (C=O) groups excluding carboxylic acids is 1. The number of aromatic nitrogens is 4. The lowest BCUT2D eigenvalue weighted by molar-refractivity contribution is -0.169. The van der Waals surface area contributed by atoms with E-state index >= 15 is 0 Å². The van der Waals surface area contributed by atoms with Crippen molar-refractivity contribution in [1.82, 2.24) is 19.7 Å². The molecule has 41 heavy (non-hydrogen) atoms. The van der Waals surface area contributed by atoms with Crippen LogP contribution in [0.15, 0.2) is 35.0 Å². The number of fused-ring (bicyclic) bond motifs is 1. The molecule has 3 aromatic rings. The second kappa shape index (κ2) is 12.4. The molecule has 2 aliphatic rings. The van der Waals surface area contributed by atoms with Gasteiger partial charge < -0.3 is 23.7 Å². The first-order chi connectivity index (χ1) is 19.6. The van der Waals surface area contributed by atoms with E-state index < -0.39 is 22.2 Å². The van der Waals surface area contributed by atoms with E-state index in [-0.39, 0.29) is 25.0 Å². The summed E-state index contributed by atoms with van der Waals surface area (Å²) in [5.41, 5.74) is 1.98. The molecule has 0 spiro atoms. The fourth-order valence-electron chi connectivity index (χ4n) is 4.87. The molecule has 5 rings (SSSR count). The summed E-state index contributed by atoms with van der Waals surface area (Å²) in [6.07, 6.45) is 2.31. The first-order valence-corrected chi connectivity index (χ1v) is 15.8. The molecule has 2 aliphatic heterocycles. The van der Waals surface area contributed by atoms with Gasteiger partial charge >= 0.3 is 12.1 Å². The van der Waals surface area contributed by atoms with Crippen molar-refractivity contribution in [2.45, 2.75) is 38.1 Å². The van der Waals surface area contributed by atoms with Crippen molar-refractivity contribution >= 4 is 32.7 Å². The molecular formula is C26H33F3N6O5S. The molecular weight excluding hydrogens is 565 g/mol. The van der Waals surface area contributed by atoms with Gasteiger partial charge in [0.1, 0.15) is 22.8 Å². The number of morpholine rings is 1. The molecule has 0 saturated carbocycles. The minimum atomic E-state index is -5.11. The number of nitrogens with zero attached hydrogens (tertiary/aromatic N) is 6. The van der Waals surface area contributed by atoms with Crippen molar-refractivity contribution in [3.8, 4) is 17.1 Å². The highest BCUT2D eigenvalue weighted by atomic mass is 32.3. The molecule has 1 N–H and O–H groups in total. The van der Waals surface area contributed by atoms with Crippen molar-refractivity contribution in [3.63, 3.8) is 0 Å². The highest BCUT2D eigenvalue weighted by molar-refractivity contribution is 7.99. The molecule has 1 amide bonds. The zero-order chi connectivity index (χ0) is 29.0. The molecule has 1 unspecified atom stereocenters. The van der Waals surface area contributed by atoms with Gasteiger partial charge in [-0.2, -0.15) is 22.6 Å². The van der Waals surface area contributed by atoms with Gasteiger partial charge in [-0.3, -0.25) is 9.78 Å². The molecule has 5 heterocycles. The third-order valence-electron chi connectivity index (χ3n) is 6.89. The topological polar surface area (TPSA) is 124 Å². The van der Waals surface area contributed by atoms with Crippen LogP contribution in [0.3, 0.4) is 0 Å². The van der Waals surface area contributed by atoms with Crippen molar-refractivity contribution in [1.29, 1.82) is 0 Å². The predicted molar refractivity (Wildman–Crippen MR) is 148 cm³/mol. The van der Waals surface area contributed by atoms with Gasteiger partial charge in [0.15, 0.2) is 6.23 Å². The molecule has 0 aromatic carbocycles. The first kappa shape index (κ1) is 29.4. The minimum absolute atomic E-state index is 0.0824. The van der Waals surface area contributed by atoms with Crippen molar-refractivity contribution < 1.29 is 36.7 Å². The zero-order valence-electron chi connectivity index (χ0n) is 22.6. The summed E-state index contributed by atoms with van der Waals surface area (Å²) in [4.78, 5) is 23.0. The number of pyridine rings is 2. The van der Waals surface area contributed by atoms with Gasteiger partial charge in [0.25, 0.3) is 0 Å². The Hall–Kier alpha value is -3.14. The molecule has 0 bridgehead atoms. The summed E-state index contributed by atoms with van der Waals surface area (Å²) in [5.74, 6) is -1.18. The van der Waals surface area contributed by atoms with Crippen LogP contribution in [0.5, 0.6) is 5.75 Å². The molecule has 2 saturated heterocycles. The molecule has 15 heteroatoms. The molecule has 0 aliphatic carbocycles. The third-order valence-corrected chi connectivity index (χ3v) is 8.66. The minimum Gasteiger partial charge on any atom is -0.493 e. The maximum absolute atomic E-state index is 12.6. The van der Waals surface area contributed by atoms with Gasteiger partial charge in [-0.05, 0) is 44.1 Å². The standard InChI is InChI=1S/C26H33F3N6O5S/c1-41(37,33-25(36)26(27,28)29)16-4-13-39-20-17-21(34-10-14-38-15-11-34)32-23-18(20)6-8-30-24(23)19-7-9-31-35(19)22-5-2-3-12-40-22/h6-9,17,22,41H,2-5,10-16H2,1H3,(H,33,36,37). The van der Waals surface area contributed by atoms with Gasteiger partial charge in [0.05, 0.1) is 25.5 Å². The number of carbonyl (C=O) groups is 1. The van der Waals surface area contributed by atoms with Crippen LogP contribution >= 0.6 is 0 Å². The number of hydrogen-bond donors (Lipinski definition) is 2. The smallest absolute Gasteiger partial charge is 0.474 e. The fourth-order valence-corrected chi connectivity index (χ4v) is 6.20. The van der Waals surface area contributed by atoms with E-state index in [0.29, 0.717) is 61.1 Å². The van der Waals surface area contributed by atoms with Crippen LogP contribution in [0.2, 0.25) is 0 Å².